The van der Waals surface area contributed by atoms with E-state index in [-0.39, 0.29) is 11.8 Å². The van der Waals surface area contributed by atoms with E-state index in [4.69, 9.17) is 39.9 Å². The number of hydrogen-bond donors (Lipinski definition) is 0. The van der Waals surface area contributed by atoms with E-state index in [2.05, 4.69) is 12.2 Å². The summed E-state index contributed by atoms with van der Waals surface area (Å²) in [6, 6.07) is 24.0. The SMILES string of the molecule is C1=CC2c3nc4nc(nc5[n-]c(nc6[n-]c(nc(n3)C2C=C1)c1ccccc61)c1ccccc51)-c1ccccc1-4. The molecule has 0 N–H and O–H groups in total. The van der Waals surface area contributed by atoms with Crippen molar-refractivity contribution in [2.45, 2.75) is 11.8 Å². The summed E-state index contributed by atoms with van der Waals surface area (Å²) in [7, 11) is 0. The van der Waals surface area contributed by atoms with Crippen LogP contribution in [-0.4, -0.2) is 29.9 Å². The topological polar surface area (TPSA) is 106 Å². The van der Waals surface area contributed by atoms with E-state index >= 15 is 0 Å². The van der Waals surface area contributed by atoms with Crippen LogP contribution in [0.1, 0.15) is 23.5 Å². The van der Waals surface area contributed by atoms with Crippen molar-refractivity contribution in [3.63, 3.8) is 0 Å². The molecule has 3 aliphatic rings. The lowest BCUT2D eigenvalue weighted by atomic mass is 9.90. The van der Waals surface area contributed by atoms with Crippen LogP contribution in [0.25, 0.3) is 66.9 Å². The Balaban J connectivity index is 1.49. The molecule has 0 radical (unpaired) electrons. The third kappa shape index (κ3) is 3.07. The summed E-state index contributed by atoms with van der Waals surface area (Å²) in [6.45, 7) is 0. The van der Waals surface area contributed by atoms with Crippen LogP contribution in [0.2, 0.25) is 0 Å². The van der Waals surface area contributed by atoms with Crippen LogP contribution in [-0.2, 0) is 0 Å². The third-order valence-corrected chi connectivity index (χ3v) is 7.69. The van der Waals surface area contributed by atoms with Crippen molar-refractivity contribution in [3.05, 3.63) is 109 Å². The number of benzene rings is 3. The molecule has 0 amide bonds. The van der Waals surface area contributed by atoms with E-state index in [1.807, 2.05) is 84.9 Å². The molecule has 5 heterocycles. The maximum Gasteiger partial charge on any atom is 0.162 e. The van der Waals surface area contributed by atoms with Gasteiger partial charge in [0.2, 0.25) is 0 Å². The predicted octanol–water partition coefficient (Wildman–Crippen LogP) is 5.79. The van der Waals surface area contributed by atoms with E-state index in [0.717, 1.165) is 32.7 Å². The zero-order valence-electron chi connectivity index (χ0n) is 21.0. The van der Waals surface area contributed by atoms with Gasteiger partial charge in [-0.2, -0.15) is 0 Å². The van der Waals surface area contributed by atoms with Crippen molar-refractivity contribution in [2.24, 2.45) is 0 Å². The fraction of sp³-hybridized carbons (Fsp3) is 0.0625. The highest BCUT2D eigenvalue weighted by atomic mass is 15.1. The van der Waals surface area contributed by atoms with E-state index in [1.54, 1.807) is 0 Å². The average molecular weight is 515 g/mol. The van der Waals surface area contributed by atoms with Gasteiger partial charge in [-0.1, -0.05) is 97.1 Å². The van der Waals surface area contributed by atoms with Gasteiger partial charge in [-0.3, -0.25) is 0 Å². The molecule has 8 bridgehead atoms. The summed E-state index contributed by atoms with van der Waals surface area (Å²) in [4.78, 5) is 39.5. The molecule has 2 aliphatic heterocycles. The lowest BCUT2D eigenvalue weighted by Gasteiger charge is -2.15. The molecule has 1 aliphatic carbocycles. The molecule has 2 atom stereocenters. The Morgan fingerprint density at radius 2 is 0.875 bits per heavy atom. The van der Waals surface area contributed by atoms with Gasteiger partial charge >= 0.3 is 0 Å². The molecule has 3 aromatic heterocycles. The van der Waals surface area contributed by atoms with Gasteiger partial charge in [0.15, 0.2) is 5.82 Å². The van der Waals surface area contributed by atoms with Crippen molar-refractivity contribution in [2.75, 3.05) is 0 Å². The molecule has 3 aromatic carbocycles. The van der Waals surface area contributed by atoms with Gasteiger partial charge in [-0.25, -0.2) is 15.0 Å². The van der Waals surface area contributed by atoms with Crippen LogP contribution in [0.15, 0.2) is 97.1 Å². The van der Waals surface area contributed by atoms with E-state index in [0.29, 0.717) is 45.9 Å². The van der Waals surface area contributed by atoms with Gasteiger partial charge in [-0.05, 0) is 21.5 Å². The number of allylic oxidation sites excluding steroid dienone is 4. The first-order valence-electron chi connectivity index (χ1n) is 13.1. The van der Waals surface area contributed by atoms with E-state index in [1.165, 1.54) is 0 Å². The van der Waals surface area contributed by atoms with Gasteiger partial charge < -0.3 is 24.9 Å². The maximum atomic E-state index is 5.01. The minimum absolute atomic E-state index is 0.0384. The highest BCUT2D eigenvalue weighted by Crippen LogP contribution is 2.40. The largest absolute Gasteiger partial charge is 0.357 e. The number of fused-ring (bicyclic) bond motifs is 20. The van der Waals surface area contributed by atoms with Crippen molar-refractivity contribution in [1.29, 1.82) is 0 Å². The van der Waals surface area contributed by atoms with Gasteiger partial charge in [0.1, 0.15) is 5.82 Å². The molecule has 0 fully saturated rings. The number of rotatable bonds is 0. The second-order valence-electron chi connectivity index (χ2n) is 10.0. The Kier molecular flexibility index (Phi) is 4.29. The minimum Gasteiger partial charge on any atom is -0.357 e. The van der Waals surface area contributed by atoms with Crippen molar-refractivity contribution < 1.29 is 0 Å². The molecule has 6 aromatic rings. The smallest absolute Gasteiger partial charge is 0.162 e. The van der Waals surface area contributed by atoms with Crippen molar-refractivity contribution in [3.8, 4) is 22.8 Å². The highest BCUT2D eigenvalue weighted by molar-refractivity contribution is 6.07. The Morgan fingerprint density at radius 1 is 0.425 bits per heavy atom. The lowest BCUT2D eigenvalue weighted by molar-refractivity contribution is 0.733. The summed E-state index contributed by atoms with van der Waals surface area (Å²) in [5.41, 5.74) is 4.10. The summed E-state index contributed by atoms with van der Waals surface area (Å²) < 4.78 is 0. The van der Waals surface area contributed by atoms with Gasteiger partial charge in [0.25, 0.3) is 0 Å². The first kappa shape index (κ1) is 21.4. The molecule has 0 saturated heterocycles. The molecule has 188 valence electrons. The van der Waals surface area contributed by atoms with Crippen LogP contribution < -0.4 is 9.97 Å². The minimum atomic E-state index is -0.0384. The number of aromatic nitrogens is 8. The molecular weight excluding hydrogens is 496 g/mol. The first-order chi connectivity index (χ1) is 19.8. The standard InChI is InChI=1S/C32H18N8/c1-2-10-18-17(9-1)25-33-26(18)38-28-21-13-5-6-14-22(21)30(35-28)40-32-24-16-8-7-15-23(24)31(36-32)39-29-20-12-4-3-11-19(20)27(34-29)37-25/h1-18H/q-2. The normalized spacial score (nSPS) is 17.3. The fourth-order valence-corrected chi connectivity index (χ4v) is 5.78. The van der Waals surface area contributed by atoms with Gasteiger partial charge in [0.05, 0.1) is 11.6 Å². The van der Waals surface area contributed by atoms with Gasteiger partial charge in [-0.15, -0.1) is 0 Å². The summed E-state index contributed by atoms with van der Waals surface area (Å²) in [5, 5.41) is 3.63. The molecule has 8 heteroatoms. The van der Waals surface area contributed by atoms with Crippen LogP contribution in [0, 0.1) is 0 Å². The zero-order chi connectivity index (χ0) is 26.2. The van der Waals surface area contributed by atoms with E-state index in [9.17, 15) is 0 Å². The zero-order valence-corrected chi connectivity index (χ0v) is 21.0. The fourth-order valence-electron chi connectivity index (χ4n) is 5.78. The molecule has 40 heavy (non-hydrogen) atoms. The van der Waals surface area contributed by atoms with E-state index < -0.39 is 0 Å². The van der Waals surface area contributed by atoms with Crippen LogP contribution in [0.5, 0.6) is 0 Å². The lowest BCUT2D eigenvalue weighted by Crippen LogP contribution is -2.05. The summed E-state index contributed by atoms with van der Waals surface area (Å²) in [6.07, 6.45) is 8.31. The third-order valence-electron chi connectivity index (χ3n) is 7.69. The van der Waals surface area contributed by atoms with Gasteiger partial charge in [0, 0.05) is 45.6 Å². The molecular formula is C32H18N8-2. The quantitative estimate of drug-likeness (QED) is 0.251. The molecule has 2 unspecified atom stereocenters. The highest BCUT2D eigenvalue weighted by Gasteiger charge is 2.31. The summed E-state index contributed by atoms with van der Waals surface area (Å²) in [5.74, 6) is 2.42. The molecule has 0 saturated carbocycles. The predicted molar refractivity (Wildman–Crippen MR) is 153 cm³/mol. The second kappa shape index (κ2) is 8.00. The Hall–Kier alpha value is -5.50. The Labute approximate surface area is 227 Å². The Bertz CT molecular complexity index is 2260. The van der Waals surface area contributed by atoms with Crippen molar-refractivity contribution >= 4 is 44.1 Å². The van der Waals surface area contributed by atoms with Crippen molar-refractivity contribution in [1.82, 2.24) is 39.9 Å². The van der Waals surface area contributed by atoms with Crippen LogP contribution in [0.3, 0.4) is 0 Å². The maximum absolute atomic E-state index is 5.01. The average Bonchev–Trinajstić information content (AvgIpc) is 3.73. The summed E-state index contributed by atoms with van der Waals surface area (Å²) >= 11 is 0. The molecule has 9 rings (SSSR count). The molecule has 8 nitrogen and oxygen atoms in total. The number of hydrogen-bond acceptors (Lipinski definition) is 6. The van der Waals surface area contributed by atoms with Crippen LogP contribution >= 0.6 is 0 Å². The first-order valence-corrected chi connectivity index (χ1v) is 13.1. The molecule has 0 spiro atoms. The second-order valence-corrected chi connectivity index (χ2v) is 10.0. The van der Waals surface area contributed by atoms with Crippen LogP contribution in [0.4, 0.5) is 0 Å². The number of nitrogens with zero attached hydrogens (tertiary/aromatic N) is 8. The Morgan fingerprint density at radius 3 is 1.45 bits per heavy atom. The monoisotopic (exact) mass is 514 g/mol.